The van der Waals surface area contributed by atoms with Crippen LogP contribution in [0.25, 0.3) is 0 Å². The van der Waals surface area contributed by atoms with Crippen molar-refractivity contribution in [3.63, 3.8) is 0 Å². The van der Waals surface area contributed by atoms with Gasteiger partial charge in [-0.15, -0.1) is 0 Å². The summed E-state index contributed by atoms with van der Waals surface area (Å²) in [7, 11) is 0. The monoisotopic (exact) mass is 272 g/mol. The van der Waals surface area contributed by atoms with Gasteiger partial charge in [0.25, 0.3) is 0 Å². The van der Waals surface area contributed by atoms with Crippen molar-refractivity contribution in [3.05, 3.63) is 34.1 Å². The van der Waals surface area contributed by atoms with Crippen LogP contribution in [0.15, 0.2) is 12.1 Å². The maximum atomic E-state index is 13.7. The molecule has 1 aliphatic rings. The molecule has 3 nitrogen and oxygen atoms in total. The molecule has 1 aromatic rings. The molecule has 18 heavy (non-hydrogen) atoms. The van der Waals surface area contributed by atoms with E-state index in [2.05, 4.69) is 0 Å². The molecule has 5 heteroatoms. The standard InChI is InChI=1S/C13H14ClFO3/c1-2-18-12(16)7-13(17)4-3-9-10(13)5-8(14)6-11(9)15/h5-6,17H,2-4,7H2,1H3. The third-order valence-electron chi connectivity index (χ3n) is 3.19. The summed E-state index contributed by atoms with van der Waals surface area (Å²) in [6.07, 6.45) is 0.528. The zero-order valence-corrected chi connectivity index (χ0v) is 10.8. The normalized spacial score (nSPS) is 21.8. The van der Waals surface area contributed by atoms with Crippen molar-refractivity contribution in [1.29, 1.82) is 0 Å². The van der Waals surface area contributed by atoms with Crippen molar-refractivity contribution in [1.82, 2.24) is 0 Å². The second kappa shape index (κ2) is 4.86. The number of carbonyl (C=O) groups is 1. The van der Waals surface area contributed by atoms with Crippen molar-refractivity contribution in [2.75, 3.05) is 6.61 Å². The van der Waals surface area contributed by atoms with Crippen molar-refractivity contribution in [2.45, 2.75) is 31.8 Å². The van der Waals surface area contributed by atoms with Gasteiger partial charge in [-0.05, 0) is 43.0 Å². The summed E-state index contributed by atoms with van der Waals surface area (Å²) in [4.78, 5) is 11.5. The van der Waals surface area contributed by atoms with E-state index in [1.165, 1.54) is 12.1 Å². The molecule has 1 N–H and O–H groups in total. The molecule has 2 rings (SSSR count). The number of hydrogen-bond donors (Lipinski definition) is 1. The lowest BCUT2D eigenvalue weighted by molar-refractivity contribution is -0.149. The number of carbonyl (C=O) groups excluding carboxylic acids is 1. The van der Waals surface area contributed by atoms with Crippen molar-refractivity contribution in [3.8, 4) is 0 Å². The number of rotatable bonds is 3. The fourth-order valence-electron chi connectivity index (χ4n) is 2.37. The van der Waals surface area contributed by atoms with Gasteiger partial charge in [0.05, 0.1) is 13.0 Å². The molecule has 0 fully saturated rings. The van der Waals surface area contributed by atoms with E-state index in [1.54, 1.807) is 6.92 Å². The van der Waals surface area contributed by atoms with Gasteiger partial charge in [-0.3, -0.25) is 4.79 Å². The molecule has 0 heterocycles. The highest BCUT2D eigenvalue weighted by molar-refractivity contribution is 6.30. The molecule has 0 spiro atoms. The number of fused-ring (bicyclic) bond motifs is 1. The second-order valence-electron chi connectivity index (χ2n) is 4.43. The molecule has 98 valence electrons. The van der Waals surface area contributed by atoms with E-state index in [9.17, 15) is 14.3 Å². The zero-order valence-electron chi connectivity index (χ0n) is 10.0. The van der Waals surface area contributed by atoms with E-state index in [0.29, 0.717) is 24.0 Å². The van der Waals surface area contributed by atoms with Crippen LogP contribution in [-0.4, -0.2) is 17.7 Å². The van der Waals surface area contributed by atoms with Gasteiger partial charge in [0.15, 0.2) is 0 Å². The Hall–Kier alpha value is -1.13. The van der Waals surface area contributed by atoms with E-state index in [0.717, 1.165) is 0 Å². The molecule has 1 aliphatic carbocycles. The molecule has 1 atom stereocenters. The molecule has 0 aliphatic heterocycles. The largest absolute Gasteiger partial charge is 0.466 e. The molecule has 0 saturated carbocycles. The average Bonchev–Trinajstić information content (AvgIpc) is 2.57. The first kappa shape index (κ1) is 13.3. The van der Waals surface area contributed by atoms with E-state index in [-0.39, 0.29) is 18.1 Å². The second-order valence-corrected chi connectivity index (χ2v) is 4.86. The molecule has 0 radical (unpaired) electrons. The highest BCUT2D eigenvalue weighted by atomic mass is 35.5. The molecule has 1 unspecified atom stereocenters. The third-order valence-corrected chi connectivity index (χ3v) is 3.41. The number of esters is 1. The lowest BCUT2D eigenvalue weighted by Crippen LogP contribution is -2.27. The maximum absolute atomic E-state index is 13.7. The smallest absolute Gasteiger partial charge is 0.309 e. The predicted molar refractivity (Wildman–Crippen MR) is 64.9 cm³/mol. The predicted octanol–water partition coefficient (Wildman–Crippen LogP) is 2.57. The summed E-state index contributed by atoms with van der Waals surface area (Å²) in [5, 5.41) is 10.7. The van der Waals surface area contributed by atoms with Crippen molar-refractivity contribution >= 4 is 17.6 Å². The zero-order chi connectivity index (χ0) is 13.3. The van der Waals surface area contributed by atoms with E-state index >= 15 is 0 Å². The number of benzene rings is 1. The molecule has 0 amide bonds. The number of hydrogen-bond acceptors (Lipinski definition) is 3. The Kier molecular flexibility index (Phi) is 3.59. The van der Waals surface area contributed by atoms with Gasteiger partial charge < -0.3 is 9.84 Å². The Balaban J connectivity index is 2.32. The van der Waals surface area contributed by atoms with E-state index in [4.69, 9.17) is 16.3 Å². The summed E-state index contributed by atoms with van der Waals surface area (Å²) >= 11 is 5.79. The summed E-state index contributed by atoms with van der Waals surface area (Å²) in [6.45, 7) is 1.95. The third kappa shape index (κ3) is 2.35. The minimum atomic E-state index is -1.37. The SMILES string of the molecule is CCOC(=O)CC1(O)CCc2c(F)cc(Cl)cc21. The number of ether oxygens (including phenoxy) is 1. The van der Waals surface area contributed by atoms with Gasteiger partial charge in [-0.1, -0.05) is 11.6 Å². The van der Waals surface area contributed by atoms with Gasteiger partial charge >= 0.3 is 5.97 Å². The highest BCUT2D eigenvalue weighted by Gasteiger charge is 2.40. The first-order valence-corrected chi connectivity index (χ1v) is 6.20. The lowest BCUT2D eigenvalue weighted by Gasteiger charge is -2.23. The molecule has 0 aromatic heterocycles. The van der Waals surface area contributed by atoms with Crippen LogP contribution in [0, 0.1) is 5.82 Å². The Morgan fingerprint density at radius 1 is 1.61 bits per heavy atom. The summed E-state index contributed by atoms with van der Waals surface area (Å²) in [6, 6.07) is 2.74. The minimum absolute atomic E-state index is 0.173. The first-order valence-electron chi connectivity index (χ1n) is 5.82. The van der Waals surface area contributed by atoms with Gasteiger partial charge in [0.2, 0.25) is 0 Å². The van der Waals surface area contributed by atoms with Gasteiger partial charge in [-0.2, -0.15) is 0 Å². The van der Waals surface area contributed by atoms with E-state index in [1.807, 2.05) is 0 Å². The maximum Gasteiger partial charge on any atom is 0.309 e. The fraction of sp³-hybridized carbons (Fsp3) is 0.462. The Morgan fingerprint density at radius 3 is 3.00 bits per heavy atom. The molecular formula is C13H14ClFO3. The first-order chi connectivity index (χ1) is 8.46. The van der Waals surface area contributed by atoms with Crippen LogP contribution < -0.4 is 0 Å². The van der Waals surface area contributed by atoms with Crippen LogP contribution in [0.2, 0.25) is 5.02 Å². The Bertz CT molecular complexity index is 489. The van der Waals surface area contributed by atoms with Crippen molar-refractivity contribution in [2.24, 2.45) is 0 Å². The Labute approximate surface area is 110 Å². The van der Waals surface area contributed by atoms with E-state index < -0.39 is 17.4 Å². The lowest BCUT2D eigenvalue weighted by atomic mass is 9.92. The topological polar surface area (TPSA) is 46.5 Å². The van der Waals surface area contributed by atoms with Gasteiger partial charge in [0.1, 0.15) is 11.4 Å². The molecule has 0 bridgehead atoms. The average molecular weight is 273 g/mol. The van der Waals surface area contributed by atoms with Gasteiger partial charge in [0, 0.05) is 5.02 Å². The summed E-state index contributed by atoms with van der Waals surface area (Å²) in [5.41, 5.74) is -0.528. The quantitative estimate of drug-likeness (QED) is 0.860. The van der Waals surface area contributed by atoms with Crippen LogP contribution >= 0.6 is 11.6 Å². The number of aliphatic hydroxyl groups is 1. The molecule has 1 aromatic carbocycles. The summed E-state index contributed by atoms with van der Waals surface area (Å²) in [5.74, 6) is -0.925. The fourth-order valence-corrected chi connectivity index (χ4v) is 2.58. The molecular weight excluding hydrogens is 259 g/mol. The van der Waals surface area contributed by atoms with Crippen LogP contribution in [-0.2, 0) is 21.6 Å². The van der Waals surface area contributed by atoms with Crippen LogP contribution in [0.3, 0.4) is 0 Å². The van der Waals surface area contributed by atoms with Crippen LogP contribution in [0.1, 0.15) is 30.9 Å². The van der Waals surface area contributed by atoms with Gasteiger partial charge in [-0.25, -0.2) is 4.39 Å². The van der Waals surface area contributed by atoms with Crippen LogP contribution in [0.5, 0.6) is 0 Å². The number of halogens is 2. The summed E-state index contributed by atoms with van der Waals surface area (Å²) < 4.78 is 18.5. The minimum Gasteiger partial charge on any atom is -0.466 e. The van der Waals surface area contributed by atoms with Crippen LogP contribution in [0.4, 0.5) is 4.39 Å². The highest BCUT2D eigenvalue weighted by Crippen LogP contribution is 2.42. The van der Waals surface area contributed by atoms with Crippen molar-refractivity contribution < 1.29 is 19.0 Å². The Morgan fingerprint density at radius 2 is 2.33 bits per heavy atom. The molecule has 0 saturated heterocycles.